The fraction of sp³-hybridized carbons (Fsp3) is 0.583. The van der Waals surface area contributed by atoms with Gasteiger partial charge in [0, 0.05) is 36.4 Å². The average molecular weight is 316 g/mol. The monoisotopic (exact) mass is 316 g/mol. The van der Waals surface area contributed by atoms with Crippen molar-refractivity contribution < 1.29 is 8.42 Å². The number of thiophene rings is 1. The van der Waals surface area contributed by atoms with E-state index in [0.29, 0.717) is 18.0 Å². The molecule has 1 aromatic heterocycles. The standard InChI is InChI=1S/C12H20N4O2S2/c1-9-8-11(10(2)19-9)20(17,18)15-5-4-13-12-14-6-7-16(12)3/h8,15H,4-7H2,1-3H3,(H,13,14). The smallest absolute Gasteiger partial charge is 0.241 e. The topological polar surface area (TPSA) is 73.8 Å². The zero-order chi connectivity index (χ0) is 14.8. The predicted octanol–water partition coefficient (Wildman–Crippen LogP) is 0.534. The van der Waals surface area contributed by atoms with Gasteiger partial charge in [0.2, 0.25) is 10.0 Å². The molecule has 0 saturated carbocycles. The molecule has 0 unspecified atom stereocenters. The van der Waals surface area contributed by atoms with Crippen molar-refractivity contribution in [2.45, 2.75) is 18.7 Å². The number of hydrogen-bond donors (Lipinski definition) is 2. The third kappa shape index (κ3) is 3.50. The number of nitrogens with one attached hydrogen (secondary N) is 2. The zero-order valence-corrected chi connectivity index (χ0v) is 13.6. The Morgan fingerprint density at radius 1 is 1.40 bits per heavy atom. The van der Waals surface area contributed by atoms with Crippen LogP contribution in [0.25, 0.3) is 0 Å². The molecule has 20 heavy (non-hydrogen) atoms. The maximum Gasteiger partial charge on any atom is 0.241 e. The highest BCUT2D eigenvalue weighted by Gasteiger charge is 2.18. The quantitative estimate of drug-likeness (QED) is 0.778. The summed E-state index contributed by atoms with van der Waals surface area (Å²) in [5.74, 6) is 0.826. The van der Waals surface area contributed by atoms with Crippen LogP contribution in [0.1, 0.15) is 9.75 Å². The SMILES string of the molecule is Cc1cc(S(=O)(=O)NCCNC2=NCCN2C)c(C)s1. The van der Waals surface area contributed by atoms with E-state index < -0.39 is 10.0 Å². The molecule has 2 N–H and O–H groups in total. The van der Waals surface area contributed by atoms with Crippen molar-refractivity contribution in [1.29, 1.82) is 0 Å². The van der Waals surface area contributed by atoms with Gasteiger partial charge in [0.1, 0.15) is 0 Å². The van der Waals surface area contributed by atoms with Crippen LogP contribution in [0.15, 0.2) is 16.0 Å². The minimum absolute atomic E-state index is 0.337. The zero-order valence-electron chi connectivity index (χ0n) is 11.9. The van der Waals surface area contributed by atoms with Crippen molar-refractivity contribution in [3.63, 3.8) is 0 Å². The number of aryl methyl sites for hydroxylation is 2. The highest BCUT2D eigenvalue weighted by Crippen LogP contribution is 2.24. The molecule has 0 aliphatic carbocycles. The number of sulfonamides is 1. The molecule has 0 spiro atoms. The van der Waals surface area contributed by atoms with Crippen LogP contribution in [0.5, 0.6) is 0 Å². The van der Waals surface area contributed by atoms with Gasteiger partial charge < -0.3 is 10.2 Å². The van der Waals surface area contributed by atoms with Gasteiger partial charge in [-0.15, -0.1) is 11.3 Å². The van der Waals surface area contributed by atoms with E-state index in [2.05, 4.69) is 15.0 Å². The Bertz CT molecular complexity index is 607. The molecule has 0 fully saturated rings. The van der Waals surface area contributed by atoms with Crippen LogP contribution in [0.3, 0.4) is 0 Å². The maximum absolute atomic E-state index is 12.2. The van der Waals surface area contributed by atoms with Crippen molar-refractivity contribution in [3.05, 3.63) is 15.8 Å². The van der Waals surface area contributed by atoms with Crippen LogP contribution in [-0.4, -0.2) is 52.5 Å². The second-order valence-electron chi connectivity index (χ2n) is 4.73. The average Bonchev–Trinajstić information content (AvgIpc) is 2.91. The van der Waals surface area contributed by atoms with E-state index in [1.54, 1.807) is 6.07 Å². The Balaban J connectivity index is 1.86. The summed E-state index contributed by atoms with van der Waals surface area (Å²) in [6.45, 7) is 6.28. The molecular weight excluding hydrogens is 296 g/mol. The molecule has 8 heteroatoms. The summed E-state index contributed by atoms with van der Waals surface area (Å²) in [4.78, 5) is 8.51. The molecule has 0 saturated heterocycles. The summed E-state index contributed by atoms with van der Waals surface area (Å²) >= 11 is 1.50. The third-order valence-electron chi connectivity index (χ3n) is 3.04. The van der Waals surface area contributed by atoms with Gasteiger partial charge in [0.25, 0.3) is 0 Å². The Kier molecular flexibility index (Phi) is 4.66. The number of hydrogen-bond acceptors (Lipinski definition) is 6. The largest absolute Gasteiger partial charge is 0.355 e. The lowest BCUT2D eigenvalue weighted by atomic mass is 10.4. The van der Waals surface area contributed by atoms with E-state index in [0.717, 1.165) is 28.8 Å². The minimum atomic E-state index is -3.41. The molecule has 2 rings (SSSR count). The molecule has 1 aliphatic rings. The number of likely N-dealkylation sites (N-methyl/N-ethyl adjacent to an activating group) is 1. The lowest BCUT2D eigenvalue weighted by Crippen LogP contribution is -2.40. The molecule has 6 nitrogen and oxygen atoms in total. The van der Waals surface area contributed by atoms with E-state index in [1.165, 1.54) is 11.3 Å². The molecule has 0 atom stereocenters. The first-order valence-electron chi connectivity index (χ1n) is 6.46. The van der Waals surface area contributed by atoms with Crippen molar-refractivity contribution >= 4 is 27.3 Å². The molecule has 112 valence electrons. The summed E-state index contributed by atoms with van der Waals surface area (Å²) in [6, 6.07) is 1.71. The third-order valence-corrected chi connectivity index (χ3v) is 5.73. The molecule has 1 aromatic rings. The van der Waals surface area contributed by atoms with E-state index in [9.17, 15) is 8.42 Å². The summed E-state index contributed by atoms with van der Waals surface area (Å²) in [7, 11) is -1.45. The van der Waals surface area contributed by atoms with Crippen LogP contribution in [0.2, 0.25) is 0 Å². The Labute approximate surface area is 124 Å². The maximum atomic E-state index is 12.2. The summed E-state index contributed by atoms with van der Waals surface area (Å²) in [5.41, 5.74) is 0. The van der Waals surface area contributed by atoms with Gasteiger partial charge in [-0.25, -0.2) is 13.1 Å². The van der Waals surface area contributed by atoms with Gasteiger partial charge >= 0.3 is 0 Å². The normalized spacial score (nSPS) is 15.6. The molecule has 0 bridgehead atoms. The first-order valence-corrected chi connectivity index (χ1v) is 8.76. The molecule has 1 aliphatic heterocycles. The van der Waals surface area contributed by atoms with Gasteiger partial charge in [-0.3, -0.25) is 4.99 Å². The Morgan fingerprint density at radius 2 is 2.15 bits per heavy atom. The van der Waals surface area contributed by atoms with Crippen molar-refractivity contribution in [3.8, 4) is 0 Å². The van der Waals surface area contributed by atoms with E-state index in [-0.39, 0.29) is 0 Å². The lowest BCUT2D eigenvalue weighted by molar-refractivity contribution is 0.533. The summed E-state index contributed by atoms with van der Waals surface area (Å²) < 4.78 is 26.9. The van der Waals surface area contributed by atoms with Crippen LogP contribution >= 0.6 is 11.3 Å². The Hall–Kier alpha value is -1.12. The molecule has 0 radical (unpaired) electrons. The number of nitrogens with zero attached hydrogens (tertiary/aromatic N) is 2. The van der Waals surface area contributed by atoms with Crippen molar-refractivity contribution in [2.24, 2.45) is 4.99 Å². The summed E-state index contributed by atoms with van der Waals surface area (Å²) in [6.07, 6.45) is 0. The van der Waals surface area contributed by atoms with Gasteiger partial charge in [0.15, 0.2) is 5.96 Å². The van der Waals surface area contributed by atoms with Crippen molar-refractivity contribution in [1.82, 2.24) is 14.9 Å². The van der Waals surface area contributed by atoms with Crippen LogP contribution in [-0.2, 0) is 10.0 Å². The molecular formula is C12H20N4O2S2. The first kappa shape index (κ1) is 15.3. The van der Waals surface area contributed by atoms with Crippen LogP contribution in [0.4, 0.5) is 0 Å². The fourth-order valence-corrected chi connectivity index (χ4v) is 4.62. The highest BCUT2D eigenvalue weighted by atomic mass is 32.2. The second-order valence-corrected chi connectivity index (χ2v) is 7.92. The van der Waals surface area contributed by atoms with E-state index in [4.69, 9.17) is 0 Å². The number of guanidine groups is 1. The van der Waals surface area contributed by atoms with Crippen molar-refractivity contribution in [2.75, 3.05) is 33.2 Å². The van der Waals surface area contributed by atoms with Crippen LogP contribution in [0, 0.1) is 13.8 Å². The molecule has 0 aromatic carbocycles. The number of aliphatic imine (C=N–C) groups is 1. The lowest BCUT2D eigenvalue weighted by Gasteiger charge is -2.15. The van der Waals surface area contributed by atoms with Crippen LogP contribution < -0.4 is 10.0 Å². The van der Waals surface area contributed by atoms with Gasteiger partial charge in [-0.1, -0.05) is 0 Å². The fourth-order valence-electron chi connectivity index (χ4n) is 2.04. The predicted molar refractivity (Wildman–Crippen MR) is 81.9 cm³/mol. The van der Waals surface area contributed by atoms with E-state index >= 15 is 0 Å². The minimum Gasteiger partial charge on any atom is -0.355 e. The molecule has 2 heterocycles. The Morgan fingerprint density at radius 3 is 2.70 bits per heavy atom. The van der Waals surface area contributed by atoms with Gasteiger partial charge in [0.05, 0.1) is 11.4 Å². The van der Waals surface area contributed by atoms with Gasteiger partial charge in [-0.2, -0.15) is 0 Å². The number of rotatable bonds is 5. The second kappa shape index (κ2) is 6.11. The highest BCUT2D eigenvalue weighted by molar-refractivity contribution is 7.89. The first-order chi connectivity index (χ1) is 9.40. The van der Waals surface area contributed by atoms with Gasteiger partial charge in [-0.05, 0) is 19.9 Å². The van der Waals surface area contributed by atoms with E-state index in [1.807, 2.05) is 25.8 Å². The summed E-state index contributed by atoms with van der Waals surface area (Å²) in [5, 5.41) is 3.13. The molecule has 0 amide bonds.